The summed E-state index contributed by atoms with van der Waals surface area (Å²) in [6.45, 7) is 9.51. The van der Waals surface area contributed by atoms with Crippen LogP contribution in [0.5, 0.6) is 17.2 Å². The molecule has 1 unspecified atom stereocenters. The van der Waals surface area contributed by atoms with Gasteiger partial charge in [-0.05, 0) is 57.5 Å². The number of aliphatic imine (C=N–C) groups is 1. The fourth-order valence-corrected chi connectivity index (χ4v) is 3.30. The zero-order valence-electron chi connectivity index (χ0n) is 17.4. The van der Waals surface area contributed by atoms with Gasteiger partial charge in [0.25, 0.3) is 0 Å². The Morgan fingerprint density at radius 3 is 2.10 bits per heavy atom. The molecule has 0 saturated heterocycles. The fraction of sp³-hybridized carbons (Fsp3) is 0.391. The SMILES string of the molecule is CCOc1ccc(C2=Nc3cc(OCC)cc(OCC)c3C(=O)C2OCC)cc1. The van der Waals surface area contributed by atoms with Crippen LogP contribution in [0, 0.1) is 0 Å². The van der Waals surface area contributed by atoms with Crippen molar-refractivity contribution in [2.24, 2.45) is 4.99 Å². The molecule has 154 valence electrons. The van der Waals surface area contributed by atoms with Crippen LogP contribution in [0.25, 0.3) is 0 Å². The number of rotatable bonds is 9. The minimum atomic E-state index is -0.789. The lowest BCUT2D eigenvalue weighted by Crippen LogP contribution is -2.36. The highest BCUT2D eigenvalue weighted by Gasteiger charge is 2.36. The Morgan fingerprint density at radius 2 is 1.48 bits per heavy atom. The molecule has 0 amide bonds. The molecule has 1 aliphatic heterocycles. The number of nitrogens with zero attached hydrogens (tertiary/aromatic N) is 1. The first-order chi connectivity index (χ1) is 14.1. The van der Waals surface area contributed by atoms with E-state index in [1.807, 2.05) is 52.0 Å². The lowest BCUT2D eigenvalue weighted by molar-refractivity contribution is 0.0650. The van der Waals surface area contributed by atoms with Gasteiger partial charge in [-0.15, -0.1) is 0 Å². The van der Waals surface area contributed by atoms with Crippen LogP contribution in [0.3, 0.4) is 0 Å². The number of ether oxygens (including phenoxy) is 4. The van der Waals surface area contributed by atoms with E-state index < -0.39 is 6.10 Å². The Bertz CT molecular complexity index is 889. The fourth-order valence-electron chi connectivity index (χ4n) is 3.30. The van der Waals surface area contributed by atoms with Crippen molar-refractivity contribution in [1.82, 2.24) is 0 Å². The van der Waals surface area contributed by atoms with E-state index in [1.165, 1.54) is 0 Å². The molecular weight excluding hydrogens is 370 g/mol. The van der Waals surface area contributed by atoms with Gasteiger partial charge in [0, 0.05) is 18.7 Å². The molecule has 0 N–H and O–H groups in total. The van der Waals surface area contributed by atoms with Gasteiger partial charge in [-0.2, -0.15) is 0 Å². The van der Waals surface area contributed by atoms with E-state index in [-0.39, 0.29) is 5.78 Å². The summed E-state index contributed by atoms with van der Waals surface area (Å²) < 4.78 is 22.7. The predicted octanol–water partition coefficient (Wildman–Crippen LogP) is 4.60. The third-order valence-electron chi connectivity index (χ3n) is 4.43. The molecule has 6 heteroatoms. The summed E-state index contributed by atoms with van der Waals surface area (Å²) in [6, 6.07) is 11.0. The summed E-state index contributed by atoms with van der Waals surface area (Å²) in [7, 11) is 0. The van der Waals surface area contributed by atoms with Crippen molar-refractivity contribution in [3.63, 3.8) is 0 Å². The summed E-state index contributed by atoms with van der Waals surface area (Å²) in [6.07, 6.45) is -0.789. The minimum absolute atomic E-state index is 0.160. The van der Waals surface area contributed by atoms with Gasteiger partial charge in [-0.3, -0.25) is 4.79 Å². The quantitative estimate of drug-likeness (QED) is 0.618. The molecule has 3 rings (SSSR count). The van der Waals surface area contributed by atoms with Gasteiger partial charge >= 0.3 is 0 Å². The molecule has 0 saturated carbocycles. The molecule has 0 aromatic heterocycles. The standard InChI is InChI=1S/C23H27NO5/c1-5-26-16-11-9-15(10-12-16)21-23(29-8-4)22(25)20-18(24-21)13-17(27-6-2)14-19(20)28-7-3/h9-14,23H,5-8H2,1-4H3. The maximum atomic E-state index is 13.4. The second kappa shape index (κ2) is 9.56. The Labute approximate surface area is 171 Å². The van der Waals surface area contributed by atoms with Crippen LogP contribution in [-0.4, -0.2) is 44.0 Å². The van der Waals surface area contributed by atoms with Gasteiger partial charge < -0.3 is 18.9 Å². The summed E-state index contributed by atoms with van der Waals surface area (Å²) in [4.78, 5) is 18.2. The lowest BCUT2D eigenvalue weighted by atomic mass is 9.92. The zero-order chi connectivity index (χ0) is 20.8. The van der Waals surface area contributed by atoms with Crippen molar-refractivity contribution in [3.05, 3.63) is 47.5 Å². The van der Waals surface area contributed by atoms with Gasteiger partial charge in [-0.25, -0.2) is 4.99 Å². The van der Waals surface area contributed by atoms with Gasteiger partial charge in [0.05, 0.1) is 36.8 Å². The first-order valence-corrected chi connectivity index (χ1v) is 10.0. The smallest absolute Gasteiger partial charge is 0.203 e. The Kier molecular flexibility index (Phi) is 6.88. The summed E-state index contributed by atoms with van der Waals surface area (Å²) in [5.74, 6) is 1.70. The van der Waals surface area contributed by atoms with E-state index in [0.29, 0.717) is 54.9 Å². The maximum Gasteiger partial charge on any atom is 0.203 e. The second-order valence-corrected chi connectivity index (χ2v) is 6.34. The van der Waals surface area contributed by atoms with Crippen LogP contribution < -0.4 is 14.2 Å². The van der Waals surface area contributed by atoms with Gasteiger partial charge in [0.1, 0.15) is 17.2 Å². The van der Waals surface area contributed by atoms with Crippen molar-refractivity contribution in [3.8, 4) is 17.2 Å². The van der Waals surface area contributed by atoms with E-state index in [0.717, 1.165) is 11.3 Å². The topological polar surface area (TPSA) is 66.3 Å². The number of fused-ring (bicyclic) bond motifs is 1. The number of benzene rings is 2. The number of carbonyl (C=O) groups is 1. The number of hydrogen-bond acceptors (Lipinski definition) is 6. The molecule has 0 bridgehead atoms. The van der Waals surface area contributed by atoms with Crippen molar-refractivity contribution < 1.29 is 23.7 Å². The molecule has 0 fully saturated rings. The maximum absolute atomic E-state index is 13.4. The van der Waals surface area contributed by atoms with Crippen LogP contribution in [0.1, 0.15) is 43.6 Å². The highest BCUT2D eigenvalue weighted by atomic mass is 16.5. The molecule has 1 aliphatic rings. The van der Waals surface area contributed by atoms with Crippen LogP contribution >= 0.6 is 0 Å². The van der Waals surface area contributed by atoms with Gasteiger partial charge in [-0.1, -0.05) is 0 Å². The second-order valence-electron chi connectivity index (χ2n) is 6.34. The predicted molar refractivity (Wildman–Crippen MR) is 112 cm³/mol. The Morgan fingerprint density at radius 1 is 0.828 bits per heavy atom. The average molecular weight is 397 g/mol. The molecule has 1 heterocycles. The highest BCUT2D eigenvalue weighted by molar-refractivity contribution is 6.26. The van der Waals surface area contributed by atoms with E-state index in [2.05, 4.69) is 0 Å². The molecule has 6 nitrogen and oxygen atoms in total. The Balaban J connectivity index is 2.12. The lowest BCUT2D eigenvalue weighted by Gasteiger charge is -2.26. The molecule has 0 spiro atoms. The van der Waals surface area contributed by atoms with E-state index in [4.69, 9.17) is 23.9 Å². The van der Waals surface area contributed by atoms with E-state index in [1.54, 1.807) is 12.1 Å². The van der Waals surface area contributed by atoms with Crippen molar-refractivity contribution >= 4 is 17.2 Å². The highest BCUT2D eigenvalue weighted by Crippen LogP contribution is 2.39. The summed E-state index contributed by atoms with van der Waals surface area (Å²) in [5, 5.41) is 0. The van der Waals surface area contributed by atoms with Crippen molar-refractivity contribution in [2.45, 2.75) is 33.8 Å². The van der Waals surface area contributed by atoms with E-state index in [9.17, 15) is 4.79 Å². The largest absolute Gasteiger partial charge is 0.494 e. The first kappa shape index (κ1) is 20.9. The van der Waals surface area contributed by atoms with Crippen molar-refractivity contribution in [2.75, 3.05) is 26.4 Å². The van der Waals surface area contributed by atoms with Crippen LogP contribution in [-0.2, 0) is 4.74 Å². The summed E-state index contributed by atoms with van der Waals surface area (Å²) in [5.41, 5.74) is 2.35. The first-order valence-electron chi connectivity index (χ1n) is 10.0. The summed E-state index contributed by atoms with van der Waals surface area (Å²) >= 11 is 0. The molecule has 0 aliphatic carbocycles. The number of hydrogen-bond donors (Lipinski definition) is 0. The third-order valence-corrected chi connectivity index (χ3v) is 4.43. The molecule has 0 radical (unpaired) electrons. The molecule has 29 heavy (non-hydrogen) atoms. The average Bonchev–Trinajstić information content (AvgIpc) is 2.71. The molecule has 1 atom stereocenters. The number of ketones is 1. The zero-order valence-corrected chi connectivity index (χ0v) is 17.4. The number of Topliss-reactive ketones (excluding diaryl/α,β-unsaturated/α-hetero) is 1. The van der Waals surface area contributed by atoms with Gasteiger partial charge in [0.15, 0.2) is 6.10 Å². The minimum Gasteiger partial charge on any atom is -0.494 e. The van der Waals surface area contributed by atoms with Crippen LogP contribution in [0.4, 0.5) is 5.69 Å². The normalized spacial score (nSPS) is 15.5. The molecule has 2 aromatic carbocycles. The van der Waals surface area contributed by atoms with Crippen LogP contribution in [0.15, 0.2) is 41.4 Å². The van der Waals surface area contributed by atoms with E-state index >= 15 is 0 Å². The van der Waals surface area contributed by atoms with Gasteiger partial charge in [0.2, 0.25) is 5.78 Å². The monoisotopic (exact) mass is 397 g/mol. The van der Waals surface area contributed by atoms with Crippen molar-refractivity contribution in [1.29, 1.82) is 0 Å². The molecule has 2 aromatic rings. The number of carbonyl (C=O) groups excluding carboxylic acids is 1. The molecular formula is C23H27NO5. The third kappa shape index (κ3) is 4.43. The van der Waals surface area contributed by atoms with Crippen LogP contribution in [0.2, 0.25) is 0 Å². The Hall–Kier alpha value is -2.86.